The van der Waals surface area contributed by atoms with Crippen molar-refractivity contribution in [2.24, 2.45) is 0 Å². The molecule has 2 aromatic rings. The van der Waals surface area contributed by atoms with Crippen LogP contribution < -0.4 is 10.2 Å². The Balaban J connectivity index is 1.51. The van der Waals surface area contributed by atoms with E-state index >= 15 is 0 Å². The number of hydrogen-bond donors (Lipinski definition) is 1. The molecule has 0 saturated carbocycles. The van der Waals surface area contributed by atoms with Crippen LogP contribution in [0.4, 0.5) is 11.4 Å². The zero-order valence-electron chi connectivity index (χ0n) is 16.0. The molecule has 2 aromatic carbocycles. The second kappa shape index (κ2) is 9.41. The lowest BCUT2D eigenvalue weighted by molar-refractivity contribution is -0.384. The van der Waals surface area contributed by atoms with Gasteiger partial charge in [0, 0.05) is 50.4 Å². The third-order valence-electron chi connectivity index (χ3n) is 4.79. The SMILES string of the molecule is O=C(NCCS(=O)(=O)N1CCN(c2ccccc2Cl)CC1)c1cccc([N+](=O)[O-])c1. The highest BCUT2D eigenvalue weighted by Crippen LogP contribution is 2.26. The molecule has 0 radical (unpaired) electrons. The van der Waals surface area contributed by atoms with Gasteiger partial charge in [0.25, 0.3) is 11.6 Å². The van der Waals surface area contributed by atoms with Crippen LogP contribution >= 0.6 is 11.6 Å². The van der Waals surface area contributed by atoms with Gasteiger partial charge >= 0.3 is 0 Å². The second-order valence-corrected chi connectivity index (χ2v) is 9.21. The molecule has 11 heteroatoms. The van der Waals surface area contributed by atoms with E-state index < -0.39 is 20.9 Å². The van der Waals surface area contributed by atoms with Gasteiger partial charge in [-0.3, -0.25) is 14.9 Å². The molecule has 1 aliphatic heterocycles. The van der Waals surface area contributed by atoms with E-state index in [1.165, 1.54) is 22.5 Å². The number of nitrogens with one attached hydrogen (secondary N) is 1. The van der Waals surface area contributed by atoms with Gasteiger partial charge in [0.2, 0.25) is 10.0 Å². The molecule has 1 amide bonds. The molecule has 0 bridgehead atoms. The number of benzene rings is 2. The lowest BCUT2D eigenvalue weighted by atomic mass is 10.2. The monoisotopic (exact) mass is 452 g/mol. The lowest BCUT2D eigenvalue weighted by Gasteiger charge is -2.35. The minimum atomic E-state index is -3.55. The van der Waals surface area contributed by atoms with Crippen molar-refractivity contribution in [1.29, 1.82) is 0 Å². The summed E-state index contributed by atoms with van der Waals surface area (Å²) in [6, 6.07) is 12.7. The fourth-order valence-electron chi connectivity index (χ4n) is 3.20. The quantitative estimate of drug-likeness (QED) is 0.508. The molecule has 0 unspecified atom stereocenters. The first-order chi connectivity index (χ1) is 14.3. The maximum atomic E-state index is 12.6. The second-order valence-electron chi connectivity index (χ2n) is 6.72. The van der Waals surface area contributed by atoms with E-state index in [1.807, 2.05) is 23.1 Å². The smallest absolute Gasteiger partial charge is 0.270 e. The Morgan fingerprint density at radius 2 is 1.80 bits per heavy atom. The van der Waals surface area contributed by atoms with Crippen LogP contribution in [0.25, 0.3) is 0 Å². The number of non-ortho nitro benzene ring substituents is 1. The average Bonchev–Trinajstić information content (AvgIpc) is 2.74. The number of piperazine rings is 1. The van der Waals surface area contributed by atoms with Crippen LogP contribution in [0.3, 0.4) is 0 Å². The number of nitro groups is 1. The van der Waals surface area contributed by atoms with Gasteiger partial charge in [-0.05, 0) is 18.2 Å². The van der Waals surface area contributed by atoms with E-state index in [1.54, 1.807) is 6.07 Å². The molecule has 1 saturated heterocycles. The summed E-state index contributed by atoms with van der Waals surface area (Å²) in [5.74, 6) is -0.808. The molecular formula is C19H21ClN4O5S. The number of carbonyl (C=O) groups is 1. The average molecular weight is 453 g/mol. The van der Waals surface area contributed by atoms with Gasteiger partial charge in [-0.1, -0.05) is 29.8 Å². The summed E-state index contributed by atoms with van der Waals surface area (Å²) in [6.45, 7) is 1.60. The van der Waals surface area contributed by atoms with Crippen LogP contribution in [0, 0.1) is 10.1 Å². The molecule has 160 valence electrons. The summed E-state index contributed by atoms with van der Waals surface area (Å²) < 4.78 is 26.6. The number of rotatable bonds is 7. The number of hydrogen-bond acceptors (Lipinski definition) is 6. The summed E-state index contributed by atoms with van der Waals surface area (Å²) >= 11 is 6.21. The molecule has 0 atom stereocenters. The van der Waals surface area contributed by atoms with E-state index in [0.29, 0.717) is 31.2 Å². The van der Waals surface area contributed by atoms with E-state index in [2.05, 4.69) is 5.32 Å². The van der Waals surface area contributed by atoms with Gasteiger partial charge in [-0.2, -0.15) is 4.31 Å². The molecule has 1 N–H and O–H groups in total. The Hall–Kier alpha value is -2.69. The maximum absolute atomic E-state index is 12.6. The predicted molar refractivity (Wildman–Crippen MR) is 114 cm³/mol. The van der Waals surface area contributed by atoms with Gasteiger partial charge in [-0.15, -0.1) is 0 Å². The van der Waals surface area contributed by atoms with E-state index in [0.717, 1.165) is 11.8 Å². The molecule has 1 heterocycles. The number of amides is 1. The summed E-state index contributed by atoms with van der Waals surface area (Å²) in [7, 11) is -3.55. The number of sulfonamides is 1. The number of nitro benzene ring substituents is 1. The van der Waals surface area contributed by atoms with Crippen LogP contribution in [0.2, 0.25) is 5.02 Å². The minimum Gasteiger partial charge on any atom is -0.368 e. The fourth-order valence-corrected chi connectivity index (χ4v) is 4.79. The largest absolute Gasteiger partial charge is 0.368 e. The van der Waals surface area contributed by atoms with Crippen molar-refractivity contribution >= 4 is 38.9 Å². The number of carbonyl (C=O) groups excluding carboxylic acids is 1. The highest BCUT2D eigenvalue weighted by atomic mass is 35.5. The van der Waals surface area contributed by atoms with Crippen molar-refractivity contribution < 1.29 is 18.1 Å². The molecule has 3 rings (SSSR count). The Morgan fingerprint density at radius 3 is 2.47 bits per heavy atom. The van der Waals surface area contributed by atoms with Crippen LogP contribution in [0.1, 0.15) is 10.4 Å². The van der Waals surface area contributed by atoms with Gasteiger partial charge in [0.15, 0.2) is 0 Å². The lowest BCUT2D eigenvalue weighted by Crippen LogP contribution is -2.50. The number of halogens is 1. The first-order valence-electron chi connectivity index (χ1n) is 9.28. The summed E-state index contributed by atoms with van der Waals surface area (Å²) in [4.78, 5) is 24.4. The van der Waals surface area contributed by atoms with Crippen molar-refractivity contribution in [2.45, 2.75) is 0 Å². The predicted octanol–water partition coefficient (Wildman–Crippen LogP) is 2.13. The maximum Gasteiger partial charge on any atom is 0.270 e. The number of para-hydroxylation sites is 1. The molecule has 9 nitrogen and oxygen atoms in total. The molecule has 1 aliphatic rings. The summed E-state index contributed by atoms with van der Waals surface area (Å²) in [5, 5.41) is 13.9. The molecular weight excluding hydrogens is 432 g/mol. The van der Waals surface area contributed by atoms with Crippen LogP contribution in [0.5, 0.6) is 0 Å². The molecule has 30 heavy (non-hydrogen) atoms. The first kappa shape index (κ1) is 22.0. The van der Waals surface area contributed by atoms with Crippen molar-refractivity contribution in [1.82, 2.24) is 9.62 Å². The standard InChI is InChI=1S/C19H21ClN4O5S/c20-17-6-1-2-7-18(17)22-9-11-23(12-10-22)30(28,29)13-8-21-19(25)15-4-3-5-16(14-15)24(26)27/h1-7,14H,8-13H2,(H,21,25). The third kappa shape index (κ3) is 5.26. The Morgan fingerprint density at radius 1 is 1.10 bits per heavy atom. The van der Waals surface area contributed by atoms with Gasteiger partial charge in [-0.25, -0.2) is 8.42 Å². The number of anilines is 1. The zero-order valence-corrected chi connectivity index (χ0v) is 17.6. The molecule has 0 aliphatic carbocycles. The highest BCUT2D eigenvalue weighted by molar-refractivity contribution is 7.89. The minimum absolute atomic E-state index is 0.0887. The molecule has 0 aromatic heterocycles. The highest BCUT2D eigenvalue weighted by Gasteiger charge is 2.27. The van der Waals surface area contributed by atoms with Crippen LogP contribution in [-0.2, 0) is 10.0 Å². The Kier molecular flexibility index (Phi) is 6.91. The fraction of sp³-hybridized carbons (Fsp3) is 0.316. The van der Waals surface area contributed by atoms with Crippen molar-refractivity contribution in [3.05, 3.63) is 69.2 Å². The topological polar surface area (TPSA) is 113 Å². The van der Waals surface area contributed by atoms with E-state index in [4.69, 9.17) is 11.6 Å². The summed E-state index contributed by atoms with van der Waals surface area (Å²) in [5.41, 5.74) is 0.780. The van der Waals surface area contributed by atoms with E-state index in [-0.39, 0.29) is 23.5 Å². The van der Waals surface area contributed by atoms with Gasteiger partial charge in [0.1, 0.15) is 0 Å². The van der Waals surface area contributed by atoms with Crippen molar-refractivity contribution in [2.75, 3.05) is 43.4 Å². The van der Waals surface area contributed by atoms with Crippen molar-refractivity contribution in [3.63, 3.8) is 0 Å². The molecule has 1 fully saturated rings. The number of nitrogens with zero attached hydrogens (tertiary/aromatic N) is 3. The normalized spacial score (nSPS) is 15.0. The van der Waals surface area contributed by atoms with Gasteiger partial charge in [0.05, 0.1) is 21.4 Å². The summed E-state index contributed by atoms with van der Waals surface area (Å²) in [6.07, 6.45) is 0. The van der Waals surface area contributed by atoms with E-state index in [9.17, 15) is 23.3 Å². The first-order valence-corrected chi connectivity index (χ1v) is 11.3. The Bertz CT molecular complexity index is 1040. The van der Waals surface area contributed by atoms with Crippen molar-refractivity contribution in [3.8, 4) is 0 Å². The zero-order chi connectivity index (χ0) is 21.7. The van der Waals surface area contributed by atoms with Gasteiger partial charge < -0.3 is 10.2 Å². The molecule has 0 spiro atoms. The van der Waals surface area contributed by atoms with Crippen LogP contribution in [-0.4, -0.2) is 62.0 Å². The van der Waals surface area contributed by atoms with Crippen LogP contribution in [0.15, 0.2) is 48.5 Å². The third-order valence-corrected chi connectivity index (χ3v) is 6.98. The Labute approximate surface area is 179 Å².